The van der Waals surface area contributed by atoms with Crippen molar-refractivity contribution >= 4 is 43.3 Å². The molecule has 2 saturated heterocycles. The molecule has 15 nitrogen and oxygen atoms in total. The molecule has 4 aromatic rings. The molecule has 4 atom stereocenters. The van der Waals surface area contributed by atoms with Crippen LogP contribution in [0.1, 0.15) is 48.9 Å². The van der Waals surface area contributed by atoms with E-state index in [1.54, 1.807) is 18.2 Å². The Balaban J connectivity index is 0.000000143. The number of hydrogen-bond acceptors (Lipinski definition) is 11. The molecule has 2 aliphatic carbocycles. The quantitative estimate of drug-likeness (QED) is 0.142. The zero-order valence-electron chi connectivity index (χ0n) is 35.8. The number of aryl methyl sites for hydroxylation is 2. The standard InChI is InChI=1S/C23H26N2O5S.C13H18N2O2S.C10H10O4/c1-23(16-4-3-5-17(11-16)24-31(2,27)28)18-12-25(13-19(18)23)22(26)9-7-15-6-8-20-21(10-15)30-14-29-20;1-13(11-7-14-8-12(11)13)9-4-3-5-10(6-9)15-18(2,16)17;11-10(12)4-2-7-1-3-8-9(5-7)14-6-13-8/h3-6,8,10-11,18-19,24H,7,9,12-14H2,1-2H3;3-6,11-12,14-15H,7-8H2,1-2H3;1,3,5H,2,4,6H2,(H,11,12). The molecule has 336 valence electrons. The first-order chi connectivity index (χ1) is 29.9. The number of nitrogens with zero attached hydrogens (tertiary/aromatic N) is 1. The number of benzene rings is 4. The molecule has 0 aromatic heterocycles. The molecule has 4 unspecified atom stereocenters. The topological polar surface area (TPSA) is 199 Å². The lowest BCUT2D eigenvalue weighted by Crippen LogP contribution is -2.34. The summed E-state index contributed by atoms with van der Waals surface area (Å²) >= 11 is 0. The van der Waals surface area contributed by atoms with Crippen LogP contribution in [-0.2, 0) is 53.3 Å². The van der Waals surface area contributed by atoms with Crippen LogP contribution in [0.5, 0.6) is 23.0 Å². The van der Waals surface area contributed by atoms with E-state index in [0.29, 0.717) is 60.1 Å². The van der Waals surface area contributed by atoms with Gasteiger partial charge in [0.05, 0.1) is 12.5 Å². The average Bonchev–Trinajstić information content (AvgIpc) is 3.78. The number of sulfonamides is 2. The van der Waals surface area contributed by atoms with Gasteiger partial charge in [-0.1, -0.05) is 50.2 Å². The predicted molar refractivity (Wildman–Crippen MR) is 237 cm³/mol. The third-order valence-corrected chi connectivity index (χ3v) is 14.7. The van der Waals surface area contributed by atoms with Gasteiger partial charge in [0.2, 0.25) is 39.5 Å². The molecule has 17 heteroatoms. The summed E-state index contributed by atoms with van der Waals surface area (Å²) in [5, 5.41) is 11.9. The summed E-state index contributed by atoms with van der Waals surface area (Å²) in [6, 6.07) is 26.7. The lowest BCUT2D eigenvalue weighted by Gasteiger charge is -2.25. The SMILES string of the molecule is CC1(c2cccc(NS(C)(=O)=O)c2)C2CN(C(=O)CCc3ccc4c(c3)OCO4)CC21.CC1(c2cccc(NS(C)(=O)=O)c2)C2CNCC21.O=C(O)CCc1ccc2c(c1)OCO2. The molecule has 0 radical (unpaired) electrons. The van der Waals surface area contributed by atoms with Crippen molar-refractivity contribution < 1.29 is 50.5 Å². The molecule has 4 fully saturated rings. The molecule has 4 heterocycles. The van der Waals surface area contributed by atoms with E-state index in [1.807, 2.05) is 59.5 Å². The Labute approximate surface area is 368 Å². The summed E-state index contributed by atoms with van der Waals surface area (Å²) in [4.78, 5) is 25.1. The first kappa shape index (κ1) is 44.1. The lowest BCUT2D eigenvalue weighted by atomic mass is 9.92. The lowest BCUT2D eigenvalue weighted by molar-refractivity contribution is -0.137. The Hall–Kier alpha value is -5.52. The molecule has 10 rings (SSSR count). The molecule has 4 aromatic carbocycles. The van der Waals surface area contributed by atoms with E-state index in [4.69, 9.17) is 24.1 Å². The van der Waals surface area contributed by atoms with Crippen molar-refractivity contribution in [3.63, 3.8) is 0 Å². The van der Waals surface area contributed by atoms with Gasteiger partial charge in [-0.05, 0) is 120 Å². The zero-order valence-corrected chi connectivity index (χ0v) is 37.4. The second kappa shape index (κ2) is 17.2. The highest BCUT2D eigenvalue weighted by molar-refractivity contribution is 7.92. The van der Waals surface area contributed by atoms with E-state index in [1.165, 1.54) is 11.8 Å². The van der Waals surface area contributed by atoms with Crippen LogP contribution >= 0.6 is 0 Å². The number of hydrogen-bond donors (Lipinski definition) is 4. The predicted octanol–water partition coefficient (Wildman–Crippen LogP) is 5.36. The van der Waals surface area contributed by atoms with Gasteiger partial charge in [-0.25, -0.2) is 16.8 Å². The Bertz CT molecular complexity index is 2600. The van der Waals surface area contributed by atoms with Gasteiger partial charge in [0.1, 0.15) is 0 Å². The van der Waals surface area contributed by atoms with Crippen molar-refractivity contribution in [1.29, 1.82) is 0 Å². The number of carboxylic acid groups (broad SMARTS) is 1. The van der Waals surface area contributed by atoms with Crippen molar-refractivity contribution in [2.24, 2.45) is 23.7 Å². The van der Waals surface area contributed by atoms with Crippen molar-refractivity contribution in [1.82, 2.24) is 10.2 Å². The maximum atomic E-state index is 12.8. The molecule has 63 heavy (non-hydrogen) atoms. The normalized spacial score (nSPS) is 25.4. The number of carbonyl (C=O) groups excluding carboxylic acids is 1. The average molecular weight is 903 g/mol. The smallest absolute Gasteiger partial charge is 0.303 e. The van der Waals surface area contributed by atoms with E-state index in [0.717, 1.165) is 66.4 Å². The molecular weight excluding hydrogens is 849 g/mol. The van der Waals surface area contributed by atoms with Crippen molar-refractivity contribution in [2.45, 2.75) is 50.4 Å². The van der Waals surface area contributed by atoms with Gasteiger partial charge in [0, 0.05) is 48.1 Å². The van der Waals surface area contributed by atoms with Crippen molar-refractivity contribution in [3.8, 4) is 23.0 Å². The molecule has 2 saturated carbocycles. The van der Waals surface area contributed by atoms with Gasteiger partial charge in [-0.3, -0.25) is 19.0 Å². The summed E-state index contributed by atoms with van der Waals surface area (Å²) in [5.74, 6) is 4.54. The fourth-order valence-corrected chi connectivity index (χ4v) is 11.0. The molecular formula is C46H54N4O11S2. The van der Waals surface area contributed by atoms with Crippen LogP contribution in [-0.4, -0.2) is 91.0 Å². The Kier molecular flexibility index (Phi) is 12.1. The minimum atomic E-state index is -3.31. The van der Waals surface area contributed by atoms with Crippen LogP contribution in [0.2, 0.25) is 0 Å². The van der Waals surface area contributed by atoms with Gasteiger partial charge >= 0.3 is 5.97 Å². The van der Waals surface area contributed by atoms with Crippen LogP contribution in [0.3, 0.4) is 0 Å². The second-order valence-corrected chi connectivity index (χ2v) is 21.1. The Morgan fingerprint density at radius 3 is 1.56 bits per heavy atom. The third-order valence-electron chi connectivity index (χ3n) is 13.5. The molecule has 0 spiro atoms. The van der Waals surface area contributed by atoms with E-state index in [9.17, 15) is 26.4 Å². The minimum Gasteiger partial charge on any atom is -0.481 e. The Morgan fingerprint density at radius 2 is 1.10 bits per heavy atom. The largest absolute Gasteiger partial charge is 0.481 e. The molecule has 6 aliphatic rings. The van der Waals surface area contributed by atoms with Crippen LogP contribution < -0.4 is 33.7 Å². The molecule has 4 N–H and O–H groups in total. The van der Waals surface area contributed by atoms with Crippen LogP contribution in [0, 0.1) is 23.7 Å². The van der Waals surface area contributed by atoms with E-state index >= 15 is 0 Å². The monoisotopic (exact) mass is 902 g/mol. The van der Waals surface area contributed by atoms with E-state index in [2.05, 4.69) is 40.7 Å². The third kappa shape index (κ3) is 9.85. The summed E-state index contributed by atoms with van der Waals surface area (Å²) < 4.78 is 71.7. The van der Waals surface area contributed by atoms with Crippen molar-refractivity contribution in [2.75, 3.05) is 61.7 Å². The fraction of sp³-hybridized carbons (Fsp3) is 0.435. The summed E-state index contributed by atoms with van der Waals surface area (Å²) in [6.07, 6.45) is 4.14. The van der Waals surface area contributed by atoms with Gasteiger partial charge in [0.25, 0.3) is 0 Å². The maximum Gasteiger partial charge on any atom is 0.303 e. The van der Waals surface area contributed by atoms with Crippen molar-refractivity contribution in [3.05, 3.63) is 107 Å². The van der Waals surface area contributed by atoms with E-state index < -0.39 is 26.0 Å². The Morgan fingerprint density at radius 1 is 0.651 bits per heavy atom. The van der Waals surface area contributed by atoms with Crippen LogP contribution in [0.15, 0.2) is 84.9 Å². The number of ether oxygens (including phenoxy) is 4. The van der Waals surface area contributed by atoms with E-state index in [-0.39, 0.29) is 36.7 Å². The summed E-state index contributed by atoms with van der Waals surface area (Å²) in [5.41, 5.74) is 5.86. The second-order valence-electron chi connectivity index (χ2n) is 17.6. The minimum absolute atomic E-state index is 0.0106. The number of fused-ring (bicyclic) bond motifs is 4. The summed E-state index contributed by atoms with van der Waals surface area (Å²) in [6.45, 7) is 8.66. The number of amides is 1. The highest BCUT2D eigenvalue weighted by atomic mass is 32.2. The number of carboxylic acids is 1. The molecule has 0 bridgehead atoms. The van der Waals surface area contributed by atoms with Gasteiger partial charge in [-0.2, -0.15) is 0 Å². The number of rotatable bonds is 12. The number of anilines is 2. The number of likely N-dealkylation sites (tertiary alicyclic amines) is 1. The molecule has 4 aliphatic heterocycles. The van der Waals surface area contributed by atoms with Crippen LogP contribution in [0.25, 0.3) is 0 Å². The van der Waals surface area contributed by atoms with Gasteiger partial charge in [0.15, 0.2) is 23.0 Å². The first-order valence-corrected chi connectivity index (χ1v) is 24.8. The first-order valence-electron chi connectivity index (χ1n) is 21.0. The highest BCUT2D eigenvalue weighted by Crippen LogP contribution is 2.64. The number of piperidine rings is 2. The number of aliphatic carboxylic acids is 1. The summed E-state index contributed by atoms with van der Waals surface area (Å²) in [7, 11) is -6.51. The van der Waals surface area contributed by atoms with Crippen LogP contribution in [0.4, 0.5) is 11.4 Å². The molecule has 1 amide bonds. The highest BCUT2D eigenvalue weighted by Gasteiger charge is 2.66. The van der Waals surface area contributed by atoms with Gasteiger partial charge in [-0.15, -0.1) is 0 Å². The zero-order chi connectivity index (χ0) is 44.7. The number of nitrogens with one attached hydrogen (secondary N) is 3. The maximum absolute atomic E-state index is 12.8. The van der Waals surface area contributed by atoms with Gasteiger partial charge < -0.3 is 34.3 Å². The fourth-order valence-electron chi connectivity index (χ4n) is 9.86. The number of carbonyl (C=O) groups is 2.